The number of hydrogen-bond donors (Lipinski definition) is 15. The second-order valence-electron chi connectivity index (χ2n) is 16.5. The van der Waals surface area contributed by atoms with Crippen LogP contribution >= 0.6 is 7.82 Å². The number of hydrogen-bond acceptors (Lipinski definition) is 16. The minimum absolute atomic E-state index is 0.00165. The molecule has 29 nitrogen and oxygen atoms in total. The van der Waals surface area contributed by atoms with Crippen molar-refractivity contribution >= 4 is 73.0 Å². The quantitative estimate of drug-likeness (QED) is 0.0334. The van der Waals surface area contributed by atoms with Crippen molar-refractivity contribution in [2.75, 3.05) is 19.8 Å². The van der Waals surface area contributed by atoms with E-state index in [1.165, 1.54) is 12.1 Å². The number of carbonyl (C=O) groups excluding carboxylic acids is 8. The van der Waals surface area contributed by atoms with Gasteiger partial charge >= 0.3 is 25.7 Å². The highest BCUT2D eigenvalue weighted by atomic mass is 31.2. The number of nitrogens with one attached hydrogen (secondary N) is 7. The van der Waals surface area contributed by atoms with Crippen LogP contribution in [0.15, 0.2) is 24.3 Å². The normalized spacial score (nSPS) is 17.2. The van der Waals surface area contributed by atoms with Gasteiger partial charge in [-0.05, 0) is 56.7 Å². The van der Waals surface area contributed by atoms with E-state index in [0.717, 1.165) is 30.9 Å². The molecule has 1 aliphatic heterocycles. The Morgan fingerprint density at radius 2 is 1.25 bits per heavy atom. The molecule has 10 atom stereocenters. The summed E-state index contributed by atoms with van der Waals surface area (Å²) in [6, 6.07) is -9.35. The van der Waals surface area contributed by atoms with Gasteiger partial charge in [-0.1, -0.05) is 32.4 Å². The Hall–Kier alpha value is -6.78. The molecule has 1 aliphatic rings. The zero-order chi connectivity index (χ0) is 53.9. The Bertz CT molecular complexity index is 2160. The third-order valence-corrected chi connectivity index (χ3v) is 11.4. The molecule has 71 heavy (non-hydrogen) atoms. The summed E-state index contributed by atoms with van der Waals surface area (Å²) in [5.74, 6) is -13.9. The summed E-state index contributed by atoms with van der Waals surface area (Å²) < 4.78 is 16.0. The minimum atomic E-state index is -5.01. The van der Waals surface area contributed by atoms with Crippen molar-refractivity contribution < 1.29 is 97.1 Å². The van der Waals surface area contributed by atoms with E-state index in [0.29, 0.717) is 0 Å². The SMILES string of the molecule is CC[C@H](C)[C@H](NC(=O)[C@@H]1CCCN1C(=O)[C@H](CO)NC(=O)[C@@H](N)CO)C(=O)N[C@@H](Cc1ccc(OP(=O)(O)O)cc1)C(=O)N[C@@H](CCC(=O)O)C(=O)N[C@@H](CC(=O)O)C(=O)N[C@@H](C)C(=O)N[C@@H](C)C(=O)O. The van der Waals surface area contributed by atoms with Gasteiger partial charge in [0, 0.05) is 19.4 Å². The molecule has 396 valence electrons. The summed E-state index contributed by atoms with van der Waals surface area (Å²) in [4.78, 5) is 162. The molecule has 0 saturated carbocycles. The Balaban J connectivity index is 2.51. The summed E-state index contributed by atoms with van der Waals surface area (Å²) in [7, 11) is -5.01. The van der Waals surface area contributed by atoms with E-state index in [2.05, 4.69) is 41.7 Å². The Kier molecular flexibility index (Phi) is 23.9. The maximum Gasteiger partial charge on any atom is 0.524 e. The zero-order valence-electron chi connectivity index (χ0n) is 39.1. The summed E-state index contributed by atoms with van der Waals surface area (Å²) in [5, 5.41) is 63.2. The first-order chi connectivity index (χ1) is 33.1. The molecule has 0 unspecified atom stereocenters. The Morgan fingerprint density at radius 3 is 1.79 bits per heavy atom. The van der Waals surface area contributed by atoms with Crippen LogP contribution in [0.1, 0.15) is 71.8 Å². The number of phosphoric ester groups is 1. The van der Waals surface area contributed by atoms with Gasteiger partial charge in [0.05, 0.1) is 19.6 Å². The lowest BCUT2D eigenvalue weighted by Crippen LogP contribution is -2.61. The van der Waals surface area contributed by atoms with Crippen molar-refractivity contribution in [1.82, 2.24) is 42.1 Å². The number of nitrogens with two attached hydrogens (primary N) is 1. The number of amides is 8. The van der Waals surface area contributed by atoms with Crippen LogP contribution in [-0.2, 0) is 63.7 Å². The molecule has 8 amide bonds. The number of nitrogens with zero attached hydrogens (tertiary/aromatic N) is 1. The molecular formula is C41H62N9O20P. The largest absolute Gasteiger partial charge is 0.524 e. The van der Waals surface area contributed by atoms with Crippen LogP contribution in [-0.4, -0.2) is 180 Å². The molecule has 0 bridgehead atoms. The molecule has 1 aromatic rings. The topological polar surface area (TPSA) is 469 Å². The van der Waals surface area contributed by atoms with Gasteiger partial charge in [-0.3, -0.25) is 62.5 Å². The Labute approximate surface area is 405 Å². The summed E-state index contributed by atoms with van der Waals surface area (Å²) in [5.41, 5.74) is 5.71. The van der Waals surface area contributed by atoms with E-state index in [9.17, 15) is 87.5 Å². The Morgan fingerprint density at radius 1 is 0.704 bits per heavy atom. The second kappa shape index (κ2) is 28.2. The fourth-order valence-corrected chi connectivity index (χ4v) is 7.17. The van der Waals surface area contributed by atoms with Gasteiger partial charge in [-0.2, -0.15) is 0 Å². The lowest BCUT2D eigenvalue weighted by molar-refractivity contribution is -0.143. The average Bonchev–Trinajstić information content (AvgIpc) is 3.80. The molecule has 0 aliphatic carbocycles. The number of aliphatic hydroxyl groups excluding tert-OH is 2. The molecule has 1 fully saturated rings. The number of carboxylic acid groups (broad SMARTS) is 3. The van der Waals surface area contributed by atoms with Crippen LogP contribution in [0.4, 0.5) is 0 Å². The summed E-state index contributed by atoms with van der Waals surface area (Å²) in [6.45, 7) is 3.82. The van der Waals surface area contributed by atoms with Gasteiger partial charge in [0.15, 0.2) is 0 Å². The third-order valence-electron chi connectivity index (χ3n) is 11.0. The molecule has 30 heteroatoms. The highest BCUT2D eigenvalue weighted by Gasteiger charge is 2.41. The van der Waals surface area contributed by atoms with Crippen LogP contribution < -0.4 is 47.5 Å². The lowest BCUT2D eigenvalue weighted by atomic mass is 9.96. The molecule has 2 rings (SSSR count). The van der Waals surface area contributed by atoms with Gasteiger partial charge < -0.3 is 77.9 Å². The standard InChI is InChI=1S/C41H62N9O20P/c1-5-19(2)32(49-38(62)29-7-6-14-50(29)40(64)28(18-52)48-34(58)24(42)17-51)39(63)47-26(15-22-8-10-23(11-9-22)70-71(67,68)69)37(61)45-25(12-13-30(53)54)35(59)46-27(16-31(55)56)36(60)43-20(3)33(57)44-21(4)41(65)66/h8-11,19-21,24-29,32,51-52H,5-7,12-18,42H2,1-4H3,(H,43,60)(H,44,57)(H,45,61)(H,46,59)(H,47,63)(H,48,58)(H,49,62)(H,53,54)(H,55,56)(H,65,66)(H2,67,68,69)/t19-,20-,21-,24-,25-,26-,27-,28-,29-,32-/m0/s1. The molecular weight excluding hydrogens is 969 g/mol. The predicted molar refractivity (Wildman–Crippen MR) is 241 cm³/mol. The summed E-state index contributed by atoms with van der Waals surface area (Å²) >= 11 is 0. The number of carbonyl (C=O) groups is 11. The van der Waals surface area contributed by atoms with E-state index in [1.807, 2.05) is 0 Å². The maximum atomic E-state index is 14.3. The average molecular weight is 1030 g/mol. The number of benzene rings is 1. The van der Waals surface area contributed by atoms with Crippen molar-refractivity contribution in [3.8, 4) is 5.75 Å². The van der Waals surface area contributed by atoms with Gasteiger partial charge in [0.2, 0.25) is 47.3 Å². The fourth-order valence-electron chi connectivity index (χ4n) is 6.78. The van der Waals surface area contributed by atoms with Gasteiger partial charge in [0.1, 0.15) is 60.1 Å². The number of rotatable bonds is 29. The van der Waals surface area contributed by atoms with E-state index in [4.69, 9.17) is 10.8 Å². The molecule has 0 radical (unpaired) electrons. The number of likely N-dealkylation sites (tertiary alicyclic amines) is 1. The molecule has 1 heterocycles. The number of aliphatic carboxylic acids is 3. The van der Waals surface area contributed by atoms with Crippen molar-refractivity contribution in [1.29, 1.82) is 0 Å². The highest BCUT2D eigenvalue weighted by Crippen LogP contribution is 2.37. The smallest absolute Gasteiger partial charge is 0.481 e. The molecule has 1 saturated heterocycles. The van der Waals surface area contributed by atoms with Crippen molar-refractivity contribution in [2.45, 2.75) is 127 Å². The molecule has 16 N–H and O–H groups in total. The minimum Gasteiger partial charge on any atom is -0.481 e. The fraction of sp³-hybridized carbons (Fsp3) is 0.585. The molecule has 0 aromatic heterocycles. The number of phosphoric acid groups is 1. The highest BCUT2D eigenvalue weighted by molar-refractivity contribution is 7.46. The van der Waals surface area contributed by atoms with E-state index < -0.39 is 172 Å². The monoisotopic (exact) mass is 1030 g/mol. The lowest BCUT2D eigenvalue weighted by Gasteiger charge is -2.31. The predicted octanol–water partition coefficient (Wildman–Crippen LogP) is -5.09. The zero-order valence-corrected chi connectivity index (χ0v) is 40.0. The van der Waals surface area contributed by atoms with Crippen LogP contribution in [0.25, 0.3) is 0 Å². The molecule has 0 spiro atoms. The van der Waals surface area contributed by atoms with E-state index >= 15 is 0 Å². The van der Waals surface area contributed by atoms with Crippen molar-refractivity contribution in [3.63, 3.8) is 0 Å². The van der Waals surface area contributed by atoms with Crippen molar-refractivity contribution in [2.24, 2.45) is 11.7 Å². The van der Waals surface area contributed by atoms with Gasteiger partial charge in [0.25, 0.3) is 0 Å². The first-order valence-corrected chi connectivity index (χ1v) is 23.6. The van der Waals surface area contributed by atoms with E-state index in [-0.39, 0.29) is 37.1 Å². The van der Waals surface area contributed by atoms with Crippen molar-refractivity contribution in [3.05, 3.63) is 29.8 Å². The van der Waals surface area contributed by atoms with Crippen LogP contribution in [0.5, 0.6) is 5.75 Å². The van der Waals surface area contributed by atoms with Gasteiger partial charge in [-0.15, -0.1) is 0 Å². The number of aliphatic hydroxyl groups is 2. The van der Waals surface area contributed by atoms with E-state index in [1.54, 1.807) is 13.8 Å². The summed E-state index contributed by atoms with van der Waals surface area (Å²) in [6.07, 6.45) is -2.45. The molecule has 1 aromatic carbocycles. The maximum absolute atomic E-state index is 14.3. The number of carboxylic acids is 3. The first-order valence-electron chi connectivity index (χ1n) is 22.0. The van der Waals surface area contributed by atoms with Gasteiger partial charge in [-0.25, -0.2) is 4.57 Å². The first kappa shape index (κ1) is 60.3. The third kappa shape index (κ3) is 19.9. The van der Waals surface area contributed by atoms with Crippen LogP contribution in [0, 0.1) is 5.92 Å². The second-order valence-corrected chi connectivity index (χ2v) is 17.7. The van der Waals surface area contributed by atoms with Crippen LogP contribution in [0.2, 0.25) is 0 Å². The van der Waals surface area contributed by atoms with Crippen LogP contribution in [0.3, 0.4) is 0 Å².